The maximum absolute atomic E-state index is 14.6. The van der Waals surface area contributed by atoms with Gasteiger partial charge in [-0.3, -0.25) is 9.59 Å². The molecule has 8 N–H and O–H groups in total. The molecule has 0 aromatic carbocycles. The number of allylic oxidation sites excluding steroid dienone is 2. The number of rotatable bonds is 7. The quantitative estimate of drug-likeness (QED) is 0.171. The Morgan fingerprint density at radius 3 is 1.89 bits per heavy atom. The molecule has 0 radical (unpaired) electrons. The van der Waals surface area contributed by atoms with Crippen molar-refractivity contribution in [3.63, 3.8) is 0 Å². The van der Waals surface area contributed by atoms with E-state index in [0.29, 0.717) is 25.7 Å². The number of carboxylic acid groups (broad SMARTS) is 3. The topological polar surface area (TPSA) is 267 Å². The average Bonchev–Trinajstić information content (AvgIpc) is 3.12. The first kappa shape index (κ1) is 42.6. The van der Waals surface area contributed by atoms with E-state index in [4.69, 9.17) is 18.9 Å². The summed E-state index contributed by atoms with van der Waals surface area (Å²) in [4.78, 5) is 51.1. The number of hydrogen-bond donors (Lipinski definition) is 8. The fourth-order valence-corrected chi connectivity index (χ4v) is 13.1. The van der Waals surface area contributed by atoms with Gasteiger partial charge in [-0.25, -0.2) is 9.59 Å². The summed E-state index contributed by atoms with van der Waals surface area (Å²) in [5, 5.41) is 82.9. The normalized spacial score (nSPS) is 51.9. The minimum absolute atomic E-state index is 0.0252. The van der Waals surface area contributed by atoms with Gasteiger partial charge in [0.2, 0.25) is 0 Å². The Hall–Kier alpha value is -2.54. The lowest BCUT2D eigenvalue weighted by Gasteiger charge is -2.67. The number of aliphatic hydroxyl groups is 5. The predicted molar refractivity (Wildman–Crippen MR) is 195 cm³/mol. The van der Waals surface area contributed by atoms with Gasteiger partial charge in [0, 0.05) is 5.92 Å². The minimum atomic E-state index is -2.06. The van der Waals surface area contributed by atoms with Gasteiger partial charge in [0.05, 0.1) is 11.5 Å². The monoisotopic (exact) mass is 808 g/mol. The Balaban J connectivity index is 1.09. The van der Waals surface area contributed by atoms with Crippen LogP contribution in [0.5, 0.6) is 0 Å². The molecule has 320 valence electrons. The van der Waals surface area contributed by atoms with Crippen molar-refractivity contribution in [1.29, 1.82) is 0 Å². The standard InChI is InChI=1S/C41H60O16/c1-37(2)21-8-11-40(5)18-7-10-38(3)13-14-39(4,36(52)53)16-19(38)17(18)15-20(42)31(40)41(21,6)12-9-22(37)54-34-27(47)25(45)28(30(57-34)33(50)51)55-35-26(46)23(43)24(44)29(56-35)32(48)49/h15,18-19,21-31,34-35,43-47H,7-14,16H2,1-6H3,(H,48,49)(H,50,51)(H,52,53)/t18?,19-,21?,22-,23-,24-,25+,26+,27+,28-,29-,30-,31?,34+,35+,38-,39-,40-,41-/m0/s1. The molecule has 0 amide bonds. The molecule has 16 heteroatoms. The minimum Gasteiger partial charge on any atom is -0.481 e. The molecule has 2 heterocycles. The molecule has 19 atom stereocenters. The molecular weight excluding hydrogens is 748 g/mol. The van der Waals surface area contributed by atoms with E-state index in [1.165, 1.54) is 0 Å². The van der Waals surface area contributed by atoms with E-state index in [9.17, 15) is 60.0 Å². The molecule has 6 fully saturated rings. The number of carboxylic acids is 3. The predicted octanol–water partition coefficient (Wildman–Crippen LogP) is 1.86. The first-order valence-electron chi connectivity index (χ1n) is 20.4. The molecular formula is C41H60O16. The van der Waals surface area contributed by atoms with Crippen LogP contribution in [0.1, 0.15) is 99.3 Å². The van der Waals surface area contributed by atoms with Crippen molar-refractivity contribution in [3.05, 3.63) is 11.6 Å². The summed E-state index contributed by atoms with van der Waals surface area (Å²) in [6, 6.07) is 0. The summed E-state index contributed by atoms with van der Waals surface area (Å²) >= 11 is 0. The Bertz CT molecular complexity index is 1680. The van der Waals surface area contributed by atoms with Gasteiger partial charge in [-0.1, -0.05) is 40.2 Å². The summed E-state index contributed by atoms with van der Waals surface area (Å²) in [6.45, 7) is 12.6. The van der Waals surface area contributed by atoms with Crippen LogP contribution in [-0.4, -0.2) is 132 Å². The zero-order chi connectivity index (χ0) is 41.9. The maximum Gasteiger partial charge on any atom is 0.335 e. The molecule has 0 spiro atoms. The molecule has 0 bridgehead atoms. The van der Waals surface area contributed by atoms with Crippen molar-refractivity contribution in [1.82, 2.24) is 0 Å². The van der Waals surface area contributed by atoms with E-state index in [0.717, 1.165) is 37.7 Å². The number of carbonyl (C=O) groups is 4. The number of ketones is 1. The second kappa shape index (κ2) is 14.3. The van der Waals surface area contributed by atoms with Crippen LogP contribution in [0.2, 0.25) is 0 Å². The summed E-state index contributed by atoms with van der Waals surface area (Å²) < 4.78 is 22.7. The van der Waals surface area contributed by atoms with Crippen LogP contribution in [0.15, 0.2) is 11.6 Å². The van der Waals surface area contributed by atoms with Gasteiger partial charge in [0.25, 0.3) is 0 Å². The van der Waals surface area contributed by atoms with Crippen LogP contribution >= 0.6 is 0 Å². The van der Waals surface area contributed by atoms with Gasteiger partial charge in [-0.15, -0.1) is 0 Å². The van der Waals surface area contributed by atoms with Crippen LogP contribution in [0, 0.1) is 50.7 Å². The van der Waals surface area contributed by atoms with E-state index < -0.39 is 102 Å². The molecule has 7 aliphatic rings. The summed E-state index contributed by atoms with van der Waals surface area (Å²) in [6.07, 6.45) is -11.9. The average molecular weight is 809 g/mol. The fourth-order valence-electron chi connectivity index (χ4n) is 13.1. The summed E-state index contributed by atoms with van der Waals surface area (Å²) in [7, 11) is 0. The Kier molecular flexibility index (Phi) is 10.7. The summed E-state index contributed by atoms with van der Waals surface area (Å²) in [5.74, 6) is -4.17. The first-order chi connectivity index (χ1) is 26.4. The van der Waals surface area contributed by atoms with Crippen molar-refractivity contribution in [2.45, 2.75) is 167 Å². The molecule has 0 aromatic rings. The van der Waals surface area contributed by atoms with Crippen molar-refractivity contribution in [3.8, 4) is 0 Å². The highest BCUT2D eigenvalue weighted by Crippen LogP contribution is 2.71. The lowest BCUT2D eigenvalue weighted by molar-refractivity contribution is -0.360. The third-order valence-electron chi connectivity index (χ3n) is 16.4. The molecule has 0 aromatic heterocycles. The Labute approximate surface area is 331 Å². The first-order valence-corrected chi connectivity index (χ1v) is 20.4. The van der Waals surface area contributed by atoms with Crippen molar-refractivity contribution in [2.75, 3.05) is 0 Å². The maximum atomic E-state index is 14.6. The van der Waals surface area contributed by atoms with E-state index in [2.05, 4.69) is 20.8 Å². The van der Waals surface area contributed by atoms with Gasteiger partial charge >= 0.3 is 17.9 Å². The van der Waals surface area contributed by atoms with E-state index in [-0.39, 0.29) is 40.3 Å². The zero-order valence-corrected chi connectivity index (χ0v) is 33.4. The largest absolute Gasteiger partial charge is 0.481 e. The van der Waals surface area contributed by atoms with Gasteiger partial charge < -0.3 is 59.8 Å². The molecule has 16 nitrogen and oxygen atoms in total. The lowest BCUT2D eigenvalue weighted by Crippen LogP contribution is -2.67. The second-order valence-electron chi connectivity index (χ2n) is 20.0. The number of aliphatic hydroxyl groups excluding tert-OH is 5. The molecule has 7 rings (SSSR count). The molecule has 3 unspecified atom stereocenters. The summed E-state index contributed by atoms with van der Waals surface area (Å²) in [5.41, 5.74) is -1.16. The van der Waals surface area contributed by atoms with Crippen LogP contribution in [0.3, 0.4) is 0 Å². The molecule has 57 heavy (non-hydrogen) atoms. The Morgan fingerprint density at radius 2 is 1.26 bits per heavy atom. The van der Waals surface area contributed by atoms with E-state index in [1.54, 1.807) is 0 Å². The number of ether oxygens (including phenoxy) is 4. The van der Waals surface area contributed by atoms with Crippen molar-refractivity contribution in [2.24, 2.45) is 50.7 Å². The lowest BCUT2D eigenvalue weighted by atomic mass is 9.37. The van der Waals surface area contributed by atoms with Gasteiger partial charge in [0.1, 0.15) is 36.6 Å². The highest BCUT2D eigenvalue weighted by molar-refractivity contribution is 5.95. The molecule has 4 saturated carbocycles. The van der Waals surface area contributed by atoms with Gasteiger partial charge in [-0.2, -0.15) is 0 Å². The number of carbonyl (C=O) groups excluding carboxylic acids is 1. The van der Waals surface area contributed by atoms with Crippen LogP contribution in [0.4, 0.5) is 0 Å². The smallest absolute Gasteiger partial charge is 0.335 e. The Morgan fingerprint density at radius 1 is 0.667 bits per heavy atom. The van der Waals surface area contributed by atoms with Gasteiger partial charge in [-0.05, 0) is 110 Å². The number of aliphatic carboxylic acids is 3. The third-order valence-corrected chi connectivity index (χ3v) is 16.4. The highest BCUT2D eigenvalue weighted by Gasteiger charge is 2.68. The van der Waals surface area contributed by atoms with Crippen LogP contribution in [0.25, 0.3) is 0 Å². The third kappa shape index (κ3) is 6.51. The van der Waals surface area contributed by atoms with Gasteiger partial charge in [0.15, 0.2) is 30.6 Å². The molecule has 2 aliphatic heterocycles. The number of fused-ring (bicyclic) bond motifs is 7. The fraction of sp³-hybridized carbons (Fsp3) is 0.854. The van der Waals surface area contributed by atoms with Crippen LogP contribution < -0.4 is 0 Å². The highest BCUT2D eigenvalue weighted by atomic mass is 16.7. The zero-order valence-electron chi connectivity index (χ0n) is 33.4. The van der Waals surface area contributed by atoms with Crippen molar-refractivity contribution >= 4 is 23.7 Å². The van der Waals surface area contributed by atoms with Crippen molar-refractivity contribution < 1.29 is 79.0 Å². The van der Waals surface area contributed by atoms with Crippen LogP contribution in [-0.2, 0) is 38.1 Å². The number of hydrogen-bond acceptors (Lipinski definition) is 13. The van der Waals surface area contributed by atoms with E-state index in [1.807, 2.05) is 26.8 Å². The SMILES string of the molecule is CC1(C)C2CC[C@@]3(C)C4CC[C@@]5(C)CC[C@](C)(C(=O)O)C[C@H]5C4=CC(=O)C3[C@@]2(C)CC[C@@H]1O[C@@H]1O[C@H](C(=O)O)[C@@H](O[C@@H]2O[C@H](C(=O)O)[C@@H](O)[C@H](O)[C@H]2O)[C@H](O)[C@H]1O. The second-order valence-corrected chi connectivity index (χ2v) is 20.0. The van der Waals surface area contributed by atoms with E-state index >= 15 is 0 Å². The molecule has 2 saturated heterocycles. The molecule has 5 aliphatic carbocycles.